The minimum Gasteiger partial charge on any atom is -0.492 e. The van der Waals surface area contributed by atoms with E-state index >= 15 is 0 Å². The molecule has 0 bridgehead atoms. The molecule has 2 aromatic rings. The number of ether oxygens (including phenoxy) is 1. The van der Waals surface area contributed by atoms with Crippen LogP contribution in [0.2, 0.25) is 5.02 Å². The number of nitrogens with zero attached hydrogens (tertiary/aromatic N) is 1. The van der Waals surface area contributed by atoms with Crippen LogP contribution in [-0.2, 0) is 6.42 Å². The topological polar surface area (TPSA) is 42.4 Å². The second-order valence-electron chi connectivity index (χ2n) is 4.32. The minimum absolute atomic E-state index is 0.0518. The lowest BCUT2D eigenvalue weighted by atomic mass is 10.0. The van der Waals surface area contributed by atoms with Gasteiger partial charge >= 0.3 is 0 Å². The van der Waals surface area contributed by atoms with Crippen molar-refractivity contribution in [2.24, 2.45) is 0 Å². The highest BCUT2D eigenvalue weighted by Gasteiger charge is 2.14. The molecular formula is C15H15ClFNO2. The van der Waals surface area contributed by atoms with Crippen molar-refractivity contribution in [3.05, 3.63) is 58.6 Å². The number of rotatable bonds is 5. The largest absolute Gasteiger partial charge is 0.492 e. The maximum atomic E-state index is 13.8. The van der Waals surface area contributed by atoms with E-state index in [0.717, 1.165) is 0 Å². The predicted octanol–water partition coefficient (Wildman–Crippen LogP) is 3.55. The lowest BCUT2D eigenvalue weighted by Gasteiger charge is -2.13. The maximum Gasteiger partial charge on any atom is 0.145 e. The van der Waals surface area contributed by atoms with Crippen LogP contribution in [0.15, 0.2) is 36.7 Å². The van der Waals surface area contributed by atoms with E-state index in [9.17, 15) is 9.50 Å². The summed E-state index contributed by atoms with van der Waals surface area (Å²) in [6.45, 7) is 2.38. The van der Waals surface area contributed by atoms with Crippen LogP contribution in [0.3, 0.4) is 0 Å². The number of aliphatic hydroxyl groups is 1. The van der Waals surface area contributed by atoms with Crippen molar-refractivity contribution in [2.45, 2.75) is 19.4 Å². The number of aliphatic hydroxyl groups excluding tert-OH is 1. The van der Waals surface area contributed by atoms with E-state index in [2.05, 4.69) is 4.98 Å². The molecule has 0 aliphatic carbocycles. The van der Waals surface area contributed by atoms with Crippen LogP contribution in [0.5, 0.6) is 5.75 Å². The number of benzene rings is 1. The first kappa shape index (κ1) is 14.8. The van der Waals surface area contributed by atoms with Gasteiger partial charge in [-0.3, -0.25) is 4.98 Å². The Hall–Kier alpha value is -1.65. The van der Waals surface area contributed by atoms with Gasteiger partial charge in [-0.1, -0.05) is 23.7 Å². The molecule has 106 valence electrons. The molecule has 5 heteroatoms. The van der Waals surface area contributed by atoms with Gasteiger partial charge in [0.05, 0.1) is 23.9 Å². The summed E-state index contributed by atoms with van der Waals surface area (Å²) in [5.41, 5.74) is 0.946. The molecule has 1 aromatic heterocycles. The van der Waals surface area contributed by atoms with Crippen LogP contribution in [0.1, 0.15) is 24.2 Å². The van der Waals surface area contributed by atoms with E-state index < -0.39 is 11.9 Å². The molecular weight excluding hydrogens is 281 g/mol. The molecule has 0 spiro atoms. The molecule has 1 N–H and O–H groups in total. The molecule has 2 rings (SSSR count). The molecule has 0 aliphatic rings. The number of aromatic nitrogens is 1. The van der Waals surface area contributed by atoms with Gasteiger partial charge < -0.3 is 9.84 Å². The number of halogens is 2. The molecule has 0 amide bonds. The summed E-state index contributed by atoms with van der Waals surface area (Å²) in [5, 5.41) is 10.2. The zero-order valence-electron chi connectivity index (χ0n) is 11.0. The Balaban J connectivity index is 2.17. The second-order valence-corrected chi connectivity index (χ2v) is 4.73. The molecule has 20 heavy (non-hydrogen) atoms. The Kier molecular flexibility index (Phi) is 4.93. The number of hydrogen-bond donors (Lipinski definition) is 1. The Morgan fingerprint density at radius 3 is 2.95 bits per heavy atom. The quantitative estimate of drug-likeness (QED) is 0.917. The van der Waals surface area contributed by atoms with Gasteiger partial charge in [-0.25, -0.2) is 4.39 Å². The monoisotopic (exact) mass is 295 g/mol. The molecule has 0 radical (unpaired) electrons. The zero-order chi connectivity index (χ0) is 14.5. The first-order chi connectivity index (χ1) is 9.61. The third-order valence-electron chi connectivity index (χ3n) is 2.87. The number of hydrogen-bond acceptors (Lipinski definition) is 3. The standard InChI is InChI=1S/C15H15ClFNO2/c1-2-20-12-6-11(8-18-9-12)14(19)7-10-4-3-5-13(16)15(10)17/h3-6,8-9,14,19H,2,7H2,1H3. The molecule has 1 aromatic carbocycles. The van der Waals surface area contributed by atoms with E-state index in [-0.39, 0.29) is 11.4 Å². The van der Waals surface area contributed by atoms with Gasteiger partial charge in [0.15, 0.2) is 0 Å². The summed E-state index contributed by atoms with van der Waals surface area (Å²) in [6.07, 6.45) is 2.37. The van der Waals surface area contributed by atoms with Gasteiger partial charge in [-0.05, 0) is 24.6 Å². The summed E-state index contributed by atoms with van der Waals surface area (Å²) < 4.78 is 19.1. The van der Waals surface area contributed by atoms with Gasteiger partial charge in [0.1, 0.15) is 11.6 Å². The third kappa shape index (κ3) is 3.46. The third-order valence-corrected chi connectivity index (χ3v) is 3.17. The van der Waals surface area contributed by atoms with Crippen molar-refractivity contribution >= 4 is 11.6 Å². The molecule has 1 heterocycles. The molecule has 0 saturated carbocycles. The summed E-state index contributed by atoms with van der Waals surface area (Å²) in [7, 11) is 0. The molecule has 3 nitrogen and oxygen atoms in total. The average Bonchev–Trinajstić information content (AvgIpc) is 2.44. The first-order valence-electron chi connectivity index (χ1n) is 6.30. The van der Waals surface area contributed by atoms with Crippen LogP contribution < -0.4 is 4.74 Å². The van der Waals surface area contributed by atoms with Crippen molar-refractivity contribution in [3.8, 4) is 5.75 Å². The fourth-order valence-electron chi connectivity index (χ4n) is 1.90. The second kappa shape index (κ2) is 6.68. The Morgan fingerprint density at radius 1 is 1.40 bits per heavy atom. The molecule has 0 aliphatic heterocycles. The van der Waals surface area contributed by atoms with Gasteiger partial charge in [0, 0.05) is 18.2 Å². The predicted molar refractivity (Wildman–Crippen MR) is 75.5 cm³/mol. The van der Waals surface area contributed by atoms with Gasteiger partial charge in [-0.2, -0.15) is 0 Å². The lowest BCUT2D eigenvalue weighted by Crippen LogP contribution is -2.05. The van der Waals surface area contributed by atoms with Gasteiger partial charge in [-0.15, -0.1) is 0 Å². The summed E-state index contributed by atoms with van der Waals surface area (Å²) in [6, 6.07) is 6.43. The van der Waals surface area contributed by atoms with Crippen molar-refractivity contribution in [2.75, 3.05) is 6.61 Å². The summed E-state index contributed by atoms with van der Waals surface area (Å²) in [4.78, 5) is 4.00. The Morgan fingerprint density at radius 2 is 2.20 bits per heavy atom. The smallest absolute Gasteiger partial charge is 0.145 e. The highest BCUT2D eigenvalue weighted by atomic mass is 35.5. The molecule has 1 unspecified atom stereocenters. The van der Waals surface area contributed by atoms with E-state index in [4.69, 9.17) is 16.3 Å². The number of pyridine rings is 1. The SMILES string of the molecule is CCOc1cncc(C(O)Cc2cccc(Cl)c2F)c1. The summed E-state index contributed by atoms with van der Waals surface area (Å²) in [5.74, 6) is 0.0813. The fraction of sp³-hybridized carbons (Fsp3) is 0.267. The minimum atomic E-state index is -0.865. The summed E-state index contributed by atoms with van der Waals surface area (Å²) >= 11 is 5.72. The zero-order valence-corrected chi connectivity index (χ0v) is 11.8. The highest BCUT2D eigenvalue weighted by Crippen LogP contribution is 2.25. The Bertz CT molecular complexity index is 592. The van der Waals surface area contributed by atoms with Crippen LogP contribution in [0, 0.1) is 5.82 Å². The van der Waals surface area contributed by atoms with Crippen molar-refractivity contribution in [1.82, 2.24) is 4.98 Å². The average molecular weight is 296 g/mol. The molecule has 0 fully saturated rings. The van der Waals surface area contributed by atoms with Crippen LogP contribution in [0.4, 0.5) is 4.39 Å². The van der Waals surface area contributed by atoms with Crippen molar-refractivity contribution < 1.29 is 14.2 Å². The molecule has 0 saturated heterocycles. The van der Waals surface area contributed by atoms with Crippen LogP contribution >= 0.6 is 11.6 Å². The van der Waals surface area contributed by atoms with E-state index in [0.29, 0.717) is 23.5 Å². The van der Waals surface area contributed by atoms with E-state index in [1.54, 1.807) is 24.4 Å². The first-order valence-corrected chi connectivity index (χ1v) is 6.68. The van der Waals surface area contributed by atoms with Gasteiger partial charge in [0.2, 0.25) is 0 Å². The highest BCUT2D eigenvalue weighted by molar-refractivity contribution is 6.30. The van der Waals surface area contributed by atoms with Crippen LogP contribution in [-0.4, -0.2) is 16.7 Å². The van der Waals surface area contributed by atoms with E-state index in [1.807, 2.05) is 6.92 Å². The van der Waals surface area contributed by atoms with Crippen molar-refractivity contribution in [1.29, 1.82) is 0 Å². The fourth-order valence-corrected chi connectivity index (χ4v) is 2.09. The molecule has 1 atom stereocenters. The lowest BCUT2D eigenvalue weighted by molar-refractivity contribution is 0.176. The normalized spacial score (nSPS) is 12.2. The van der Waals surface area contributed by atoms with Crippen LogP contribution in [0.25, 0.3) is 0 Å². The van der Waals surface area contributed by atoms with Gasteiger partial charge in [0.25, 0.3) is 0 Å². The maximum absolute atomic E-state index is 13.8. The Labute approximate surface area is 122 Å². The van der Waals surface area contributed by atoms with Crippen molar-refractivity contribution in [3.63, 3.8) is 0 Å². The van der Waals surface area contributed by atoms with E-state index in [1.165, 1.54) is 12.3 Å².